The van der Waals surface area contributed by atoms with Gasteiger partial charge in [-0.05, 0) is 26.7 Å². The lowest BCUT2D eigenvalue weighted by molar-refractivity contribution is -0.132. The predicted molar refractivity (Wildman–Crippen MR) is 74.5 cm³/mol. The van der Waals surface area contributed by atoms with Crippen LogP contribution in [0.4, 0.5) is 4.79 Å². The molecule has 1 N–H and O–H groups in total. The average molecular weight is 268 g/mol. The van der Waals surface area contributed by atoms with Crippen molar-refractivity contribution in [1.82, 2.24) is 10.2 Å². The third-order valence-corrected chi connectivity index (χ3v) is 2.31. The van der Waals surface area contributed by atoms with Crippen LogP contribution in [0.15, 0.2) is 0 Å². The molecule has 0 rings (SSSR count). The summed E-state index contributed by atoms with van der Waals surface area (Å²) in [6.07, 6.45) is 4.57. The molecule has 2 amide bonds. The summed E-state index contributed by atoms with van der Waals surface area (Å²) in [6.45, 7) is 9.21. The smallest absolute Gasteiger partial charge is 0.408 e. The standard InChI is InChI=1S/C14H24N2O3/c1-8-9-16(7)12(17)11(10(2)3)15-13(18)19-14(4,5)6/h1,10-11H,9H2,2-7H3,(H,15,18)/t11-/m0/s1. The first kappa shape index (κ1) is 17.3. The van der Waals surface area contributed by atoms with Gasteiger partial charge in [-0.1, -0.05) is 19.8 Å². The van der Waals surface area contributed by atoms with Crippen LogP contribution in [0.5, 0.6) is 0 Å². The summed E-state index contributed by atoms with van der Waals surface area (Å²) in [6, 6.07) is -0.645. The molecule has 0 aliphatic rings. The van der Waals surface area contributed by atoms with E-state index in [1.165, 1.54) is 4.90 Å². The fraction of sp³-hybridized carbons (Fsp3) is 0.714. The Morgan fingerprint density at radius 2 is 1.89 bits per heavy atom. The van der Waals surface area contributed by atoms with Crippen LogP contribution < -0.4 is 5.32 Å². The Kier molecular flexibility index (Phi) is 6.40. The van der Waals surface area contributed by atoms with Gasteiger partial charge < -0.3 is 15.0 Å². The van der Waals surface area contributed by atoms with E-state index in [4.69, 9.17) is 11.2 Å². The molecule has 0 fully saturated rings. The lowest BCUT2D eigenvalue weighted by atomic mass is 10.0. The lowest BCUT2D eigenvalue weighted by Gasteiger charge is -2.27. The van der Waals surface area contributed by atoms with Crippen molar-refractivity contribution in [3.05, 3.63) is 0 Å². The Balaban J connectivity index is 4.72. The summed E-state index contributed by atoms with van der Waals surface area (Å²) in [7, 11) is 1.61. The highest BCUT2D eigenvalue weighted by Gasteiger charge is 2.28. The Hall–Kier alpha value is -1.70. The van der Waals surface area contributed by atoms with E-state index in [-0.39, 0.29) is 18.4 Å². The van der Waals surface area contributed by atoms with E-state index < -0.39 is 17.7 Å². The van der Waals surface area contributed by atoms with E-state index in [0.29, 0.717) is 0 Å². The Bertz CT molecular complexity index is 364. The van der Waals surface area contributed by atoms with Crippen molar-refractivity contribution in [1.29, 1.82) is 0 Å². The normalized spacial score (nSPS) is 12.5. The van der Waals surface area contributed by atoms with Crippen molar-refractivity contribution < 1.29 is 14.3 Å². The number of terminal acetylenes is 1. The molecule has 5 heteroatoms. The Labute approximate surface area is 115 Å². The summed E-state index contributed by atoms with van der Waals surface area (Å²) < 4.78 is 5.15. The van der Waals surface area contributed by atoms with Crippen molar-refractivity contribution >= 4 is 12.0 Å². The van der Waals surface area contributed by atoms with E-state index in [9.17, 15) is 9.59 Å². The lowest BCUT2D eigenvalue weighted by Crippen LogP contribution is -2.51. The molecule has 5 nitrogen and oxygen atoms in total. The van der Waals surface area contributed by atoms with Gasteiger partial charge >= 0.3 is 6.09 Å². The predicted octanol–water partition coefficient (Wildman–Crippen LogP) is 1.63. The number of carbonyl (C=O) groups is 2. The molecule has 0 spiro atoms. The van der Waals surface area contributed by atoms with Crippen LogP contribution in [-0.2, 0) is 9.53 Å². The molecule has 0 heterocycles. The first-order chi connectivity index (χ1) is 8.58. The third kappa shape index (κ3) is 6.70. The molecule has 0 radical (unpaired) electrons. The molecule has 0 saturated heterocycles. The van der Waals surface area contributed by atoms with Crippen LogP contribution in [-0.4, -0.2) is 42.1 Å². The highest BCUT2D eigenvalue weighted by atomic mass is 16.6. The zero-order valence-electron chi connectivity index (χ0n) is 12.6. The number of likely N-dealkylation sites (N-methyl/N-ethyl adjacent to an activating group) is 1. The zero-order valence-corrected chi connectivity index (χ0v) is 12.6. The van der Waals surface area contributed by atoms with E-state index in [1.807, 2.05) is 13.8 Å². The van der Waals surface area contributed by atoms with Gasteiger partial charge in [0.05, 0.1) is 6.54 Å². The van der Waals surface area contributed by atoms with Gasteiger partial charge in [-0.3, -0.25) is 4.79 Å². The van der Waals surface area contributed by atoms with Gasteiger partial charge in [-0.15, -0.1) is 6.42 Å². The van der Waals surface area contributed by atoms with E-state index in [2.05, 4.69) is 11.2 Å². The van der Waals surface area contributed by atoms with Gasteiger partial charge in [0.15, 0.2) is 0 Å². The fourth-order valence-corrected chi connectivity index (χ4v) is 1.40. The van der Waals surface area contributed by atoms with E-state index in [1.54, 1.807) is 27.8 Å². The van der Waals surface area contributed by atoms with Crippen LogP contribution in [0, 0.1) is 18.3 Å². The van der Waals surface area contributed by atoms with Crippen LogP contribution in [0.1, 0.15) is 34.6 Å². The number of rotatable bonds is 4. The van der Waals surface area contributed by atoms with Crippen molar-refractivity contribution in [2.24, 2.45) is 5.92 Å². The minimum absolute atomic E-state index is 0.0553. The van der Waals surface area contributed by atoms with Crippen molar-refractivity contribution in [2.75, 3.05) is 13.6 Å². The monoisotopic (exact) mass is 268 g/mol. The highest BCUT2D eigenvalue weighted by molar-refractivity contribution is 5.86. The molecular weight excluding hydrogens is 244 g/mol. The van der Waals surface area contributed by atoms with Gasteiger partial charge in [0.25, 0.3) is 0 Å². The maximum absolute atomic E-state index is 12.1. The van der Waals surface area contributed by atoms with Gasteiger partial charge in [0.1, 0.15) is 11.6 Å². The van der Waals surface area contributed by atoms with E-state index >= 15 is 0 Å². The number of ether oxygens (including phenoxy) is 1. The molecule has 0 aliphatic heterocycles. The van der Waals surface area contributed by atoms with Crippen LogP contribution in [0.25, 0.3) is 0 Å². The summed E-state index contributed by atoms with van der Waals surface area (Å²) in [5.41, 5.74) is -0.598. The first-order valence-corrected chi connectivity index (χ1v) is 6.26. The van der Waals surface area contributed by atoms with Gasteiger partial charge in [-0.2, -0.15) is 0 Å². The fourth-order valence-electron chi connectivity index (χ4n) is 1.40. The van der Waals surface area contributed by atoms with Gasteiger partial charge in [0, 0.05) is 7.05 Å². The number of amides is 2. The van der Waals surface area contributed by atoms with E-state index in [0.717, 1.165) is 0 Å². The SMILES string of the molecule is C#CCN(C)C(=O)[C@@H](NC(=O)OC(C)(C)C)C(C)C. The minimum Gasteiger partial charge on any atom is -0.444 e. The molecule has 0 aromatic heterocycles. The van der Waals surface area contributed by atoms with Crippen LogP contribution in [0.3, 0.4) is 0 Å². The first-order valence-electron chi connectivity index (χ1n) is 6.26. The van der Waals surface area contributed by atoms with Gasteiger partial charge in [0.2, 0.25) is 5.91 Å². The van der Waals surface area contributed by atoms with Crippen LogP contribution >= 0.6 is 0 Å². The molecular formula is C14H24N2O3. The summed E-state index contributed by atoms with van der Waals surface area (Å²) in [5, 5.41) is 2.59. The highest BCUT2D eigenvalue weighted by Crippen LogP contribution is 2.10. The summed E-state index contributed by atoms with van der Waals surface area (Å²) >= 11 is 0. The van der Waals surface area contributed by atoms with Crippen molar-refractivity contribution in [3.63, 3.8) is 0 Å². The molecule has 0 bridgehead atoms. The maximum Gasteiger partial charge on any atom is 0.408 e. The topological polar surface area (TPSA) is 58.6 Å². The third-order valence-electron chi connectivity index (χ3n) is 2.31. The number of hydrogen-bond acceptors (Lipinski definition) is 3. The molecule has 108 valence electrons. The Morgan fingerprint density at radius 3 is 2.26 bits per heavy atom. The molecule has 0 aliphatic carbocycles. The summed E-state index contributed by atoms with van der Waals surface area (Å²) in [4.78, 5) is 25.3. The minimum atomic E-state index is -0.645. The molecule has 0 saturated carbocycles. The molecule has 0 aromatic carbocycles. The van der Waals surface area contributed by atoms with Crippen molar-refractivity contribution in [3.8, 4) is 12.3 Å². The number of carbonyl (C=O) groups excluding carboxylic acids is 2. The number of hydrogen-bond donors (Lipinski definition) is 1. The Morgan fingerprint density at radius 1 is 1.37 bits per heavy atom. The second-order valence-electron chi connectivity index (χ2n) is 5.77. The zero-order chi connectivity index (χ0) is 15.2. The van der Waals surface area contributed by atoms with Crippen molar-refractivity contribution in [2.45, 2.75) is 46.3 Å². The maximum atomic E-state index is 12.1. The number of alkyl carbamates (subject to hydrolysis) is 1. The number of nitrogens with zero attached hydrogens (tertiary/aromatic N) is 1. The molecule has 1 atom stereocenters. The molecule has 0 aromatic rings. The average Bonchev–Trinajstić information content (AvgIpc) is 2.22. The second-order valence-corrected chi connectivity index (χ2v) is 5.77. The molecule has 0 unspecified atom stereocenters. The summed E-state index contributed by atoms with van der Waals surface area (Å²) in [5.74, 6) is 2.12. The van der Waals surface area contributed by atoms with Crippen LogP contribution in [0.2, 0.25) is 0 Å². The quantitative estimate of drug-likeness (QED) is 0.788. The second kappa shape index (κ2) is 7.03. The number of nitrogens with one attached hydrogen (secondary N) is 1. The molecule has 19 heavy (non-hydrogen) atoms. The largest absolute Gasteiger partial charge is 0.444 e. The van der Waals surface area contributed by atoms with Gasteiger partial charge in [-0.25, -0.2) is 4.79 Å².